The third-order valence-electron chi connectivity index (χ3n) is 2.13. The van der Waals surface area contributed by atoms with Crippen molar-refractivity contribution in [1.82, 2.24) is 15.0 Å². The Morgan fingerprint density at radius 2 is 1.77 bits per heavy atom. The molecule has 0 atom stereocenters. The minimum atomic E-state index is 0.976. The Morgan fingerprint density at radius 3 is 2.31 bits per heavy atom. The number of para-hydroxylation sites is 1. The molecular weight excluding hydrogens is 162 g/mol. The topological polar surface area (TPSA) is 30.7 Å². The van der Waals surface area contributed by atoms with Gasteiger partial charge in [0.05, 0.1) is 17.1 Å². The Morgan fingerprint density at radius 1 is 1.08 bits per heavy atom. The first-order valence-corrected chi connectivity index (χ1v) is 4.23. The van der Waals surface area contributed by atoms with Gasteiger partial charge in [0.25, 0.3) is 0 Å². The van der Waals surface area contributed by atoms with Gasteiger partial charge in [0.2, 0.25) is 0 Å². The quantitative estimate of drug-likeness (QED) is 0.659. The third kappa shape index (κ3) is 1.33. The Labute approximate surface area is 77.0 Å². The second-order valence-corrected chi connectivity index (χ2v) is 3.01. The van der Waals surface area contributed by atoms with Gasteiger partial charge in [-0.25, -0.2) is 4.68 Å². The standard InChI is InChI=1S/C10H11N3/c1-8-9(2)13(12-11-8)10-6-4-3-5-7-10/h3-7H,1-2H3. The van der Waals surface area contributed by atoms with E-state index in [2.05, 4.69) is 10.3 Å². The molecule has 0 aliphatic heterocycles. The van der Waals surface area contributed by atoms with Crippen molar-refractivity contribution in [3.63, 3.8) is 0 Å². The minimum Gasteiger partial charge on any atom is -0.218 e. The number of hydrogen-bond donors (Lipinski definition) is 0. The molecule has 0 saturated carbocycles. The van der Waals surface area contributed by atoms with E-state index < -0.39 is 0 Å². The van der Waals surface area contributed by atoms with Crippen LogP contribution in [0.25, 0.3) is 5.69 Å². The SMILES string of the molecule is Cc1nnn(-c2ccccc2)c1C. The summed E-state index contributed by atoms with van der Waals surface area (Å²) in [5.41, 5.74) is 3.12. The monoisotopic (exact) mass is 173 g/mol. The molecule has 2 aromatic rings. The fourth-order valence-electron chi connectivity index (χ4n) is 1.22. The molecule has 0 amide bonds. The van der Waals surface area contributed by atoms with Crippen molar-refractivity contribution in [2.75, 3.05) is 0 Å². The van der Waals surface area contributed by atoms with E-state index in [9.17, 15) is 0 Å². The van der Waals surface area contributed by atoms with E-state index in [-0.39, 0.29) is 0 Å². The number of nitrogens with zero attached hydrogens (tertiary/aromatic N) is 3. The maximum Gasteiger partial charge on any atom is 0.0830 e. The van der Waals surface area contributed by atoms with Crippen LogP contribution in [-0.2, 0) is 0 Å². The van der Waals surface area contributed by atoms with Gasteiger partial charge in [0, 0.05) is 0 Å². The van der Waals surface area contributed by atoms with E-state index in [1.54, 1.807) is 0 Å². The van der Waals surface area contributed by atoms with Crippen LogP contribution in [0.2, 0.25) is 0 Å². The first-order chi connectivity index (χ1) is 6.29. The average Bonchev–Trinajstić information content (AvgIpc) is 2.49. The Balaban J connectivity index is 2.53. The number of rotatable bonds is 1. The van der Waals surface area contributed by atoms with Gasteiger partial charge in [-0.3, -0.25) is 0 Å². The van der Waals surface area contributed by atoms with Crippen LogP contribution in [0.5, 0.6) is 0 Å². The molecule has 0 aliphatic carbocycles. The van der Waals surface area contributed by atoms with Crippen LogP contribution in [0.15, 0.2) is 30.3 Å². The molecule has 2 rings (SSSR count). The number of aryl methyl sites for hydroxylation is 1. The van der Waals surface area contributed by atoms with Gasteiger partial charge in [-0.2, -0.15) is 0 Å². The number of benzene rings is 1. The summed E-state index contributed by atoms with van der Waals surface area (Å²) in [7, 11) is 0. The highest BCUT2D eigenvalue weighted by Gasteiger charge is 2.04. The highest BCUT2D eigenvalue weighted by molar-refractivity contribution is 5.32. The smallest absolute Gasteiger partial charge is 0.0830 e. The lowest BCUT2D eigenvalue weighted by atomic mass is 10.3. The Bertz CT molecular complexity index is 403. The van der Waals surface area contributed by atoms with Crippen LogP contribution >= 0.6 is 0 Å². The van der Waals surface area contributed by atoms with E-state index in [4.69, 9.17) is 0 Å². The van der Waals surface area contributed by atoms with Crippen LogP contribution in [0.3, 0.4) is 0 Å². The third-order valence-corrected chi connectivity index (χ3v) is 2.13. The lowest BCUT2D eigenvalue weighted by Gasteiger charge is -2.01. The van der Waals surface area contributed by atoms with Crippen molar-refractivity contribution >= 4 is 0 Å². The van der Waals surface area contributed by atoms with E-state index in [0.29, 0.717) is 0 Å². The summed E-state index contributed by atoms with van der Waals surface area (Å²) in [6.07, 6.45) is 0. The fourth-order valence-corrected chi connectivity index (χ4v) is 1.22. The molecule has 0 fully saturated rings. The van der Waals surface area contributed by atoms with E-state index in [1.165, 1.54) is 0 Å². The molecule has 0 saturated heterocycles. The summed E-state index contributed by atoms with van der Waals surface area (Å²) in [5.74, 6) is 0. The second-order valence-electron chi connectivity index (χ2n) is 3.01. The van der Waals surface area contributed by atoms with Crippen molar-refractivity contribution in [2.45, 2.75) is 13.8 Å². The van der Waals surface area contributed by atoms with E-state index in [0.717, 1.165) is 17.1 Å². The molecule has 1 aromatic carbocycles. The zero-order chi connectivity index (χ0) is 9.26. The molecule has 0 aliphatic rings. The molecule has 3 heteroatoms. The molecule has 1 aromatic heterocycles. The van der Waals surface area contributed by atoms with Crippen molar-refractivity contribution < 1.29 is 0 Å². The van der Waals surface area contributed by atoms with Gasteiger partial charge in [0.1, 0.15) is 0 Å². The van der Waals surface area contributed by atoms with Crippen molar-refractivity contribution in [1.29, 1.82) is 0 Å². The molecule has 0 unspecified atom stereocenters. The summed E-state index contributed by atoms with van der Waals surface area (Å²) in [5, 5.41) is 8.06. The molecule has 1 heterocycles. The van der Waals surface area contributed by atoms with Crippen molar-refractivity contribution in [2.24, 2.45) is 0 Å². The predicted molar refractivity (Wildman–Crippen MR) is 50.8 cm³/mol. The first kappa shape index (κ1) is 7.98. The largest absolute Gasteiger partial charge is 0.218 e. The van der Waals surface area contributed by atoms with Crippen LogP contribution in [0.1, 0.15) is 11.4 Å². The molecule has 0 radical (unpaired) electrons. The van der Waals surface area contributed by atoms with Crippen molar-refractivity contribution in [3.05, 3.63) is 41.7 Å². The fraction of sp³-hybridized carbons (Fsp3) is 0.200. The van der Waals surface area contributed by atoms with Gasteiger partial charge < -0.3 is 0 Å². The summed E-state index contributed by atoms with van der Waals surface area (Å²) in [6.45, 7) is 3.98. The second kappa shape index (κ2) is 3.01. The number of hydrogen-bond acceptors (Lipinski definition) is 2. The van der Waals surface area contributed by atoms with Crippen LogP contribution in [0.4, 0.5) is 0 Å². The van der Waals surface area contributed by atoms with Gasteiger partial charge in [-0.1, -0.05) is 23.4 Å². The normalized spacial score (nSPS) is 10.3. The molecule has 66 valence electrons. The van der Waals surface area contributed by atoms with Gasteiger partial charge in [-0.05, 0) is 26.0 Å². The maximum atomic E-state index is 4.05. The highest BCUT2D eigenvalue weighted by atomic mass is 15.4. The van der Waals surface area contributed by atoms with Gasteiger partial charge in [0.15, 0.2) is 0 Å². The zero-order valence-corrected chi connectivity index (χ0v) is 7.73. The average molecular weight is 173 g/mol. The molecule has 0 spiro atoms. The summed E-state index contributed by atoms with van der Waals surface area (Å²) >= 11 is 0. The lowest BCUT2D eigenvalue weighted by Crippen LogP contribution is -1.98. The van der Waals surface area contributed by atoms with Gasteiger partial charge in [-0.15, -0.1) is 5.10 Å². The van der Waals surface area contributed by atoms with E-state index in [1.807, 2.05) is 48.9 Å². The summed E-state index contributed by atoms with van der Waals surface area (Å²) in [4.78, 5) is 0. The Kier molecular flexibility index (Phi) is 1.85. The van der Waals surface area contributed by atoms with Crippen molar-refractivity contribution in [3.8, 4) is 5.69 Å². The van der Waals surface area contributed by atoms with Crippen LogP contribution in [-0.4, -0.2) is 15.0 Å². The van der Waals surface area contributed by atoms with E-state index >= 15 is 0 Å². The first-order valence-electron chi connectivity index (χ1n) is 4.23. The van der Waals surface area contributed by atoms with Crippen LogP contribution in [0, 0.1) is 13.8 Å². The van der Waals surface area contributed by atoms with Crippen LogP contribution < -0.4 is 0 Å². The minimum absolute atomic E-state index is 0.976. The number of aromatic nitrogens is 3. The molecule has 3 nitrogen and oxygen atoms in total. The molecular formula is C10H11N3. The summed E-state index contributed by atoms with van der Waals surface area (Å²) < 4.78 is 1.84. The highest BCUT2D eigenvalue weighted by Crippen LogP contribution is 2.09. The zero-order valence-electron chi connectivity index (χ0n) is 7.73. The predicted octanol–water partition coefficient (Wildman–Crippen LogP) is 1.88. The Hall–Kier alpha value is -1.64. The molecule has 0 bridgehead atoms. The molecule has 0 N–H and O–H groups in total. The molecule has 13 heavy (non-hydrogen) atoms. The lowest BCUT2D eigenvalue weighted by molar-refractivity contribution is 0.784. The summed E-state index contributed by atoms with van der Waals surface area (Å²) in [6, 6.07) is 10.0. The van der Waals surface area contributed by atoms with Gasteiger partial charge >= 0.3 is 0 Å². The maximum absolute atomic E-state index is 4.05.